The molecule has 1 aromatic heterocycles. The molecule has 33 heavy (non-hydrogen) atoms. The second kappa shape index (κ2) is 9.39. The third-order valence-electron chi connectivity index (χ3n) is 4.90. The van der Waals surface area contributed by atoms with E-state index in [1.54, 1.807) is 30.3 Å². The highest BCUT2D eigenvalue weighted by Crippen LogP contribution is 2.07. The lowest BCUT2D eigenvalue weighted by molar-refractivity contribution is 0.0941. The molecule has 0 aliphatic heterocycles. The maximum absolute atomic E-state index is 13.4. The van der Waals surface area contributed by atoms with Gasteiger partial charge < -0.3 is 5.32 Å². The molecule has 7 nitrogen and oxygen atoms in total. The summed E-state index contributed by atoms with van der Waals surface area (Å²) in [5.74, 6) is -1.73. The van der Waals surface area contributed by atoms with Crippen LogP contribution in [0.5, 0.6) is 0 Å². The van der Waals surface area contributed by atoms with Crippen molar-refractivity contribution in [1.29, 1.82) is 0 Å². The van der Waals surface area contributed by atoms with E-state index in [-0.39, 0.29) is 18.8 Å². The fraction of sp³-hybridized carbons (Fsp3) is 0.0833. The molecule has 0 spiro atoms. The zero-order chi connectivity index (χ0) is 23.4. The minimum Gasteiger partial charge on any atom is -0.346 e. The van der Waals surface area contributed by atoms with Crippen molar-refractivity contribution in [2.75, 3.05) is 0 Å². The number of aromatic nitrogens is 3. The van der Waals surface area contributed by atoms with Crippen molar-refractivity contribution in [3.63, 3.8) is 0 Å². The zero-order valence-electron chi connectivity index (χ0n) is 17.2. The van der Waals surface area contributed by atoms with Crippen LogP contribution < -0.4 is 16.6 Å². The van der Waals surface area contributed by atoms with Gasteiger partial charge in [0.15, 0.2) is 0 Å². The van der Waals surface area contributed by atoms with E-state index >= 15 is 0 Å². The van der Waals surface area contributed by atoms with E-state index in [0.29, 0.717) is 11.1 Å². The van der Waals surface area contributed by atoms with Crippen molar-refractivity contribution in [3.8, 4) is 5.69 Å². The summed E-state index contributed by atoms with van der Waals surface area (Å²) < 4.78 is 28.3. The molecule has 0 fully saturated rings. The molecular weight excluding hydrogens is 430 g/mol. The van der Waals surface area contributed by atoms with Gasteiger partial charge in [-0.3, -0.25) is 14.2 Å². The summed E-state index contributed by atoms with van der Waals surface area (Å²) in [5.41, 5.74) is -0.662. The van der Waals surface area contributed by atoms with Gasteiger partial charge in [0.1, 0.15) is 11.6 Å². The van der Waals surface area contributed by atoms with Crippen molar-refractivity contribution in [1.82, 2.24) is 19.7 Å². The lowest BCUT2D eigenvalue weighted by atomic mass is 10.2. The Kier molecular flexibility index (Phi) is 6.21. The number of carbonyl (C=O) groups excluding carboxylic acids is 1. The van der Waals surface area contributed by atoms with Gasteiger partial charge in [-0.25, -0.2) is 13.6 Å². The number of amides is 1. The molecule has 1 N–H and O–H groups in total. The van der Waals surface area contributed by atoms with Gasteiger partial charge in [0.25, 0.3) is 11.5 Å². The lowest BCUT2D eigenvalue weighted by Gasteiger charge is -2.12. The third kappa shape index (κ3) is 4.93. The van der Waals surface area contributed by atoms with Crippen LogP contribution in [-0.4, -0.2) is 20.3 Å². The Morgan fingerprint density at radius 2 is 1.42 bits per heavy atom. The van der Waals surface area contributed by atoms with E-state index in [1.807, 2.05) is 0 Å². The summed E-state index contributed by atoms with van der Waals surface area (Å²) in [6.45, 7) is -0.0605. The van der Waals surface area contributed by atoms with Gasteiger partial charge in [-0.1, -0.05) is 42.5 Å². The highest BCUT2D eigenvalue weighted by Gasteiger charge is 2.20. The SMILES string of the molecule is O=C(NCc1ccc(F)cc1)c1nn(-c2ccc(F)cc2)c(=O)n(Cc2ccccc2)c1=O. The Labute approximate surface area is 186 Å². The summed E-state index contributed by atoms with van der Waals surface area (Å²) in [7, 11) is 0. The number of nitrogens with zero attached hydrogens (tertiary/aromatic N) is 3. The second-order valence-corrected chi connectivity index (χ2v) is 7.21. The van der Waals surface area contributed by atoms with Crippen LogP contribution in [0.2, 0.25) is 0 Å². The van der Waals surface area contributed by atoms with Gasteiger partial charge in [0.05, 0.1) is 12.2 Å². The van der Waals surface area contributed by atoms with E-state index in [9.17, 15) is 23.2 Å². The molecule has 1 amide bonds. The molecule has 1 heterocycles. The van der Waals surface area contributed by atoms with E-state index < -0.39 is 34.5 Å². The molecule has 0 saturated carbocycles. The fourth-order valence-corrected chi connectivity index (χ4v) is 3.18. The quantitative estimate of drug-likeness (QED) is 0.492. The fourth-order valence-electron chi connectivity index (χ4n) is 3.18. The van der Waals surface area contributed by atoms with Crippen molar-refractivity contribution in [2.24, 2.45) is 0 Å². The van der Waals surface area contributed by atoms with Crippen LogP contribution in [0.25, 0.3) is 5.69 Å². The van der Waals surface area contributed by atoms with E-state index in [2.05, 4.69) is 10.4 Å². The van der Waals surface area contributed by atoms with E-state index in [1.165, 1.54) is 36.4 Å². The molecule has 0 radical (unpaired) electrons. The van der Waals surface area contributed by atoms with Gasteiger partial charge in [-0.2, -0.15) is 9.78 Å². The molecule has 0 saturated heterocycles. The van der Waals surface area contributed by atoms with Gasteiger partial charge >= 0.3 is 5.69 Å². The molecule has 4 rings (SSSR count). The van der Waals surface area contributed by atoms with Gasteiger partial charge in [0, 0.05) is 6.54 Å². The smallest absolute Gasteiger partial charge is 0.346 e. The number of hydrogen-bond donors (Lipinski definition) is 1. The topological polar surface area (TPSA) is 86.0 Å². The standard InChI is InChI=1S/C24H18F2N4O3/c25-18-8-6-16(7-9-18)14-27-22(31)21-23(32)29(15-17-4-2-1-3-5-17)24(33)30(28-21)20-12-10-19(26)11-13-20/h1-13H,14-15H2,(H,27,31). The van der Waals surface area contributed by atoms with Crippen molar-refractivity contribution in [2.45, 2.75) is 13.1 Å². The second-order valence-electron chi connectivity index (χ2n) is 7.21. The Balaban J connectivity index is 1.75. The number of benzene rings is 3. The van der Waals surface area contributed by atoms with Crippen molar-refractivity contribution >= 4 is 5.91 Å². The van der Waals surface area contributed by atoms with Crippen molar-refractivity contribution in [3.05, 3.63) is 128 Å². The Morgan fingerprint density at radius 3 is 2.06 bits per heavy atom. The van der Waals surface area contributed by atoms with Crippen LogP contribution >= 0.6 is 0 Å². The number of hydrogen-bond acceptors (Lipinski definition) is 4. The predicted molar refractivity (Wildman–Crippen MR) is 117 cm³/mol. The number of halogens is 2. The monoisotopic (exact) mass is 448 g/mol. The summed E-state index contributed by atoms with van der Waals surface area (Å²) in [5, 5.41) is 6.54. The maximum Gasteiger partial charge on any atom is 0.352 e. The van der Waals surface area contributed by atoms with Gasteiger partial charge in [0.2, 0.25) is 5.69 Å². The van der Waals surface area contributed by atoms with Crippen LogP contribution in [0.15, 0.2) is 88.5 Å². The summed E-state index contributed by atoms with van der Waals surface area (Å²) in [6, 6.07) is 19.2. The minimum absolute atomic E-state index is 0.0224. The van der Waals surface area contributed by atoms with Crippen LogP contribution in [0.1, 0.15) is 21.6 Å². The average Bonchev–Trinajstić information content (AvgIpc) is 2.83. The van der Waals surface area contributed by atoms with Crippen LogP contribution in [0.4, 0.5) is 8.78 Å². The molecule has 4 aromatic rings. The first-order chi connectivity index (χ1) is 15.9. The summed E-state index contributed by atoms with van der Waals surface area (Å²) in [4.78, 5) is 38.9. The van der Waals surface area contributed by atoms with Gasteiger partial charge in [-0.15, -0.1) is 0 Å². The predicted octanol–water partition coefficient (Wildman–Crippen LogP) is 2.65. The third-order valence-corrected chi connectivity index (χ3v) is 4.90. The highest BCUT2D eigenvalue weighted by atomic mass is 19.1. The molecule has 3 aromatic carbocycles. The first-order valence-electron chi connectivity index (χ1n) is 9.99. The molecule has 9 heteroatoms. The molecule has 0 aliphatic carbocycles. The molecule has 0 bridgehead atoms. The Morgan fingerprint density at radius 1 is 0.818 bits per heavy atom. The molecular formula is C24H18F2N4O3. The van der Waals surface area contributed by atoms with Crippen molar-refractivity contribution < 1.29 is 13.6 Å². The lowest BCUT2D eigenvalue weighted by Crippen LogP contribution is -2.46. The van der Waals surface area contributed by atoms with Crippen LogP contribution in [0, 0.1) is 11.6 Å². The molecule has 166 valence electrons. The number of nitrogens with one attached hydrogen (secondary N) is 1. The summed E-state index contributed by atoms with van der Waals surface area (Å²) >= 11 is 0. The Hall–Kier alpha value is -4.40. The van der Waals surface area contributed by atoms with Crippen LogP contribution in [-0.2, 0) is 13.1 Å². The average molecular weight is 448 g/mol. The van der Waals surface area contributed by atoms with Gasteiger partial charge in [-0.05, 0) is 47.5 Å². The first-order valence-corrected chi connectivity index (χ1v) is 9.99. The number of carbonyl (C=O) groups is 1. The maximum atomic E-state index is 13.4. The normalized spacial score (nSPS) is 10.7. The Bertz CT molecular complexity index is 1400. The highest BCUT2D eigenvalue weighted by molar-refractivity contribution is 5.91. The largest absolute Gasteiger partial charge is 0.352 e. The molecule has 0 aliphatic rings. The van der Waals surface area contributed by atoms with E-state index in [0.717, 1.165) is 21.4 Å². The number of rotatable bonds is 6. The van der Waals surface area contributed by atoms with Crippen LogP contribution in [0.3, 0.4) is 0 Å². The van der Waals surface area contributed by atoms with E-state index in [4.69, 9.17) is 0 Å². The summed E-state index contributed by atoms with van der Waals surface area (Å²) in [6.07, 6.45) is 0. The molecule has 0 unspecified atom stereocenters. The zero-order valence-corrected chi connectivity index (χ0v) is 17.2. The first kappa shape index (κ1) is 21.8. The molecule has 0 atom stereocenters. The minimum atomic E-state index is -0.862.